The number of benzene rings is 1. The van der Waals surface area contributed by atoms with E-state index in [4.69, 9.17) is 4.74 Å². The van der Waals surface area contributed by atoms with E-state index in [0.717, 1.165) is 33.7 Å². The Morgan fingerprint density at radius 2 is 2.05 bits per heavy atom. The van der Waals surface area contributed by atoms with Crippen molar-refractivity contribution in [2.75, 3.05) is 19.1 Å². The lowest BCUT2D eigenvalue weighted by Gasteiger charge is -2.21. The van der Waals surface area contributed by atoms with Gasteiger partial charge in [0.1, 0.15) is 11.6 Å². The van der Waals surface area contributed by atoms with E-state index in [-0.39, 0.29) is 0 Å². The molecule has 2 rings (SSSR count). The Bertz CT molecular complexity index is 613. The highest BCUT2D eigenvalue weighted by Gasteiger charge is 2.11. The molecule has 20 heavy (non-hydrogen) atoms. The number of rotatable bonds is 4. The number of ether oxygens (including phenoxy) is 1. The zero-order chi connectivity index (χ0) is 14.7. The Morgan fingerprint density at radius 3 is 2.65 bits per heavy atom. The van der Waals surface area contributed by atoms with Crippen molar-refractivity contribution in [1.82, 2.24) is 4.98 Å². The van der Waals surface area contributed by atoms with E-state index in [0.29, 0.717) is 0 Å². The zero-order valence-electron chi connectivity index (χ0n) is 12.3. The van der Waals surface area contributed by atoms with E-state index in [2.05, 4.69) is 57.9 Å². The van der Waals surface area contributed by atoms with Crippen molar-refractivity contribution in [2.24, 2.45) is 0 Å². The number of methoxy groups -OCH3 is 1. The van der Waals surface area contributed by atoms with Crippen molar-refractivity contribution >= 4 is 27.4 Å². The molecule has 1 aromatic carbocycles. The molecule has 0 N–H and O–H groups in total. The predicted molar refractivity (Wildman–Crippen MR) is 87.1 cm³/mol. The fourth-order valence-corrected chi connectivity index (χ4v) is 2.70. The van der Waals surface area contributed by atoms with E-state index >= 15 is 0 Å². The van der Waals surface area contributed by atoms with Crippen LogP contribution in [0.4, 0.5) is 11.5 Å². The van der Waals surface area contributed by atoms with Crippen LogP contribution in [0.15, 0.2) is 34.9 Å². The molecule has 0 radical (unpaired) electrons. The van der Waals surface area contributed by atoms with E-state index in [9.17, 15) is 0 Å². The van der Waals surface area contributed by atoms with Gasteiger partial charge in [-0.25, -0.2) is 4.98 Å². The molecule has 0 saturated carbocycles. The van der Waals surface area contributed by atoms with Crippen LogP contribution in [0, 0.1) is 6.92 Å². The third-order valence-corrected chi connectivity index (χ3v) is 3.80. The molecule has 3 nitrogen and oxygen atoms in total. The van der Waals surface area contributed by atoms with Gasteiger partial charge in [0.15, 0.2) is 0 Å². The molecule has 106 valence electrons. The predicted octanol–water partition coefficient (Wildman–Crippen LogP) is 4.49. The highest BCUT2D eigenvalue weighted by molar-refractivity contribution is 9.10. The smallest absolute Gasteiger partial charge is 0.135 e. The summed E-state index contributed by atoms with van der Waals surface area (Å²) < 4.78 is 6.37. The van der Waals surface area contributed by atoms with Crippen molar-refractivity contribution in [2.45, 2.75) is 20.3 Å². The van der Waals surface area contributed by atoms with Crippen molar-refractivity contribution in [3.8, 4) is 5.75 Å². The summed E-state index contributed by atoms with van der Waals surface area (Å²) in [6, 6.07) is 8.30. The average Bonchev–Trinajstić information content (AvgIpc) is 2.45. The summed E-state index contributed by atoms with van der Waals surface area (Å²) >= 11 is 3.45. The molecular formula is C16H19BrN2O. The van der Waals surface area contributed by atoms with Gasteiger partial charge >= 0.3 is 0 Å². The third-order valence-electron chi connectivity index (χ3n) is 3.37. The summed E-state index contributed by atoms with van der Waals surface area (Å²) in [5, 5.41) is 0. The first kappa shape index (κ1) is 14.9. The molecule has 4 heteroatoms. The maximum Gasteiger partial charge on any atom is 0.135 e. The van der Waals surface area contributed by atoms with Gasteiger partial charge < -0.3 is 9.64 Å². The summed E-state index contributed by atoms with van der Waals surface area (Å²) in [5.74, 6) is 1.89. The van der Waals surface area contributed by atoms with Crippen LogP contribution in [-0.4, -0.2) is 19.1 Å². The Hall–Kier alpha value is -1.55. The lowest BCUT2D eigenvalue weighted by molar-refractivity contribution is 0.410. The number of nitrogens with zero attached hydrogens (tertiary/aromatic N) is 2. The Labute approximate surface area is 128 Å². The van der Waals surface area contributed by atoms with Gasteiger partial charge in [-0.05, 0) is 64.7 Å². The Balaban J connectivity index is 2.40. The molecule has 0 aliphatic carbocycles. The van der Waals surface area contributed by atoms with Crippen LogP contribution in [0.25, 0.3) is 0 Å². The molecule has 0 amide bonds. The minimum atomic E-state index is 0.935. The van der Waals surface area contributed by atoms with E-state index in [1.807, 2.05) is 19.3 Å². The molecular weight excluding hydrogens is 316 g/mol. The number of hydrogen-bond donors (Lipinski definition) is 0. The van der Waals surface area contributed by atoms with Gasteiger partial charge in [0, 0.05) is 23.4 Å². The summed E-state index contributed by atoms with van der Waals surface area (Å²) in [5.41, 5.74) is 3.45. The average molecular weight is 335 g/mol. The van der Waals surface area contributed by atoms with Gasteiger partial charge in [0.05, 0.1) is 7.11 Å². The largest absolute Gasteiger partial charge is 0.496 e. The lowest BCUT2D eigenvalue weighted by atomic mass is 10.1. The first-order valence-electron chi connectivity index (χ1n) is 6.59. The molecule has 0 bridgehead atoms. The van der Waals surface area contributed by atoms with Crippen molar-refractivity contribution < 1.29 is 4.74 Å². The number of hydrogen-bond acceptors (Lipinski definition) is 3. The van der Waals surface area contributed by atoms with E-state index < -0.39 is 0 Å². The topological polar surface area (TPSA) is 25.4 Å². The highest BCUT2D eigenvalue weighted by atomic mass is 79.9. The number of aromatic nitrogens is 1. The van der Waals surface area contributed by atoms with Crippen LogP contribution in [0.2, 0.25) is 0 Å². The molecule has 0 unspecified atom stereocenters. The molecule has 0 fully saturated rings. The molecule has 0 aliphatic heterocycles. The first-order chi connectivity index (χ1) is 9.56. The molecule has 1 heterocycles. The summed E-state index contributed by atoms with van der Waals surface area (Å²) in [6.07, 6.45) is 2.76. The number of aryl methyl sites for hydroxylation is 2. The number of anilines is 2. The maximum absolute atomic E-state index is 5.38. The third kappa shape index (κ3) is 2.96. The second-order valence-electron chi connectivity index (χ2n) is 4.70. The quantitative estimate of drug-likeness (QED) is 0.823. The van der Waals surface area contributed by atoms with Crippen LogP contribution in [0.1, 0.15) is 18.1 Å². The number of halogens is 1. The minimum absolute atomic E-state index is 0.935. The normalized spacial score (nSPS) is 10.4. The summed E-state index contributed by atoms with van der Waals surface area (Å²) in [7, 11) is 3.74. The minimum Gasteiger partial charge on any atom is -0.496 e. The highest BCUT2D eigenvalue weighted by Crippen LogP contribution is 2.30. The van der Waals surface area contributed by atoms with Crippen molar-refractivity contribution in [1.29, 1.82) is 0 Å². The van der Waals surface area contributed by atoms with Gasteiger partial charge in [0.25, 0.3) is 0 Å². The number of pyridine rings is 1. The SMILES string of the molecule is CCc1cc(N(C)c2ncc(Br)cc2C)ccc1OC. The van der Waals surface area contributed by atoms with Crippen molar-refractivity contribution in [3.05, 3.63) is 46.1 Å². The monoisotopic (exact) mass is 334 g/mol. The molecule has 0 saturated heterocycles. The fraction of sp³-hybridized carbons (Fsp3) is 0.312. The Morgan fingerprint density at radius 1 is 1.30 bits per heavy atom. The van der Waals surface area contributed by atoms with Gasteiger partial charge in [-0.3, -0.25) is 0 Å². The van der Waals surface area contributed by atoms with Crippen LogP contribution >= 0.6 is 15.9 Å². The van der Waals surface area contributed by atoms with Crippen LogP contribution in [0.3, 0.4) is 0 Å². The van der Waals surface area contributed by atoms with Crippen molar-refractivity contribution in [3.63, 3.8) is 0 Å². The second kappa shape index (κ2) is 6.27. The molecule has 0 spiro atoms. The molecule has 1 aromatic heterocycles. The standard InChI is InChI=1S/C16H19BrN2O/c1-5-12-9-14(6-7-15(12)20-4)19(3)16-11(2)8-13(17)10-18-16/h6-10H,5H2,1-4H3. The summed E-state index contributed by atoms with van der Waals surface area (Å²) in [4.78, 5) is 6.60. The first-order valence-corrected chi connectivity index (χ1v) is 7.39. The fourth-order valence-electron chi connectivity index (χ4n) is 2.26. The zero-order valence-corrected chi connectivity index (χ0v) is 13.9. The molecule has 0 aliphatic rings. The second-order valence-corrected chi connectivity index (χ2v) is 5.62. The van der Waals surface area contributed by atoms with E-state index in [1.165, 1.54) is 5.56 Å². The summed E-state index contributed by atoms with van der Waals surface area (Å²) in [6.45, 7) is 4.19. The van der Waals surface area contributed by atoms with Crippen LogP contribution < -0.4 is 9.64 Å². The van der Waals surface area contributed by atoms with Gasteiger partial charge in [-0.1, -0.05) is 6.92 Å². The maximum atomic E-state index is 5.38. The van der Waals surface area contributed by atoms with E-state index in [1.54, 1.807) is 7.11 Å². The molecule has 2 aromatic rings. The van der Waals surface area contributed by atoms with Crippen LogP contribution in [0.5, 0.6) is 5.75 Å². The van der Waals surface area contributed by atoms with Crippen LogP contribution in [-0.2, 0) is 6.42 Å². The van der Waals surface area contributed by atoms with Gasteiger partial charge in [-0.15, -0.1) is 0 Å². The lowest BCUT2D eigenvalue weighted by Crippen LogP contribution is -2.13. The van der Waals surface area contributed by atoms with Gasteiger partial charge in [0.2, 0.25) is 0 Å². The Kier molecular flexibility index (Phi) is 4.65. The molecule has 0 atom stereocenters. The van der Waals surface area contributed by atoms with Gasteiger partial charge in [-0.2, -0.15) is 0 Å².